The van der Waals surface area contributed by atoms with Gasteiger partial charge in [-0.2, -0.15) is 0 Å². The molecule has 3 rings (SSSR count). The lowest BCUT2D eigenvalue weighted by molar-refractivity contribution is 0.647. The van der Waals surface area contributed by atoms with Crippen LogP contribution in [0.2, 0.25) is 0 Å². The van der Waals surface area contributed by atoms with Gasteiger partial charge in [-0.05, 0) is 65.9 Å². The third-order valence-corrected chi connectivity index (χ3v) is 4.52. The van der Waals surface area contributed by atoms with Crippen molar-refractivity contribution in [1.29, 1.82) is 0 Å². The zero-order chi connectivity index (χ0) is 11.7. The molecule has 2 saturated heterocycles. The summed E-state index contributed by atoms with van der Waals surface area (Å²) in [5.41, 5.74) is 2.79. The second-order valence-electron chi connectivity index (χ2n) is 5.05. The number of anilines is 1. The van der Waals surface area contributed by atoms with Crippen LogP contribution < -0.4 is 10.2 Å². The van der Waals surface area contributed by atoms with Gasteiger partial charge in [-0.1, -0.05) is 6.07 Å². The Balaban J connectivity index is 1.82. The third kappa shape index (κ3) is 2.36. The zero-order valence-electron chi connectivity index (χ0n) is 10.1. The molecule has 0 aliphatic carbocycles. The Morgan fingerprint density at radius 1 is 1.18 bits per heavy atom. The van der Waals surface area contributed by atoms with E-state index in [1.807, 2.05) is 0 Å². The highest BCUT2D eigenvalue weighted by Crippen LogP contribution is 2.33. The molecule has 0 aromatic heterocycles. The average Bonchev–Trinajstić information content (AvgIpc) is 3.02. The summed E-state index contributed by atoms with van der Waals surface area (Å²) in [7, 11) is 0. The van der Waals surface area contributed by atoms with Crippen LogP contribution in [-0.4, -0.2) is 19.6 Å². The molecule has 2 nitrogen and oxygen atoms in total. The molecule has 0 spiro atoms. The number of benzene rings is 1. The molecule has 1 N–H and O–H groups in total. The number of rotatable bonds is 2. The first-order valence-corrected chi connectivity index (χ1v) is 7.42. The van der Waals surface area contributed by atoms with Crippen molar-refractivity contribution in [3.05, 3.63) is 28.2 Å². The van der Waals surface area contributed by atoms with Crippen LogP contribution in [0.3, 0.4) is 0 Å². The van der Waals surface area contributed by atoms with Crippen LogP contribution in [0.5, 0.6) is 0 Å². The predicted octanol–water partition coefficient (Wildman–Crippen LogP) is 3.47. The molecule has 0 saturated carbocycles. The van der Waals surface area contributed by atoms with E-state index in [1.54, 1.807) is 0 Å². The van der Waals surface area contributed by atoms with Crippen molar-refractivity contribution in [3.8, 4) is 0 Å². The minimum atomic E-state index is 0.568. The van der Waals surface area contributed by atoms with Crippen LogP contribution in [0.25, 0.3) is 0 Å². The highest BCUT2D eigenvalue weighted by Gasteiger charge is 2.19. The van der Waals surface area contributed by atoms with Gasteiger partial charge in [-0.3, -0.25) is 0 Å². The molecule has 2 aliphatic heterocycles. The second kappa shape index (κ2) is 4.99. The molecule has 1 aromatic carbocycles. The predicted molar refractivity (Wildman–Crippen MR) is 75.6 cm³/mol. The fourth-order valence-electron chi connectivity index (χ4n) is 2.92. The van der Waals surface area contributed by atoms with Crippen molar-refractivity contribution in [1.82, 2.24) is 5.32 Å². The first-order chi connectivity index (χ1) is 8.34. The maximum Gasteiger partial charge on any atom is 0.0510 e. The lowest BCUT2D eigenvalue weighted by Gasteiger charge is -2.21. The summed E-state index contributed by atoms with van der Waals surface area (Å²) in [6.07, 6.45) is 5.24. The molecule has 0 radical (unpaired) electrons. The molecule has 1 atom stereocenters. The fourth-order valence-corrected chi connectivity index (χ4v) is 3.57. The topological polar surface area (TPSA) is 15.3 Å². The molecule has 17 heavy (non-hydrogen) atoms. The standard InChI is InChI=1S/C14H19BrN2/c15-12-10-11(13-4-3-7-16-13)5-6-14(12)17-8-1-2-9-17/h5-6,10,13,16H,1-4,7-9H2. The number of hydrogen-bond donors (Lipinski definition) is 1. The fraction of sp³-hybridized carbons (Fsp3) is 0.571. The van der Waals surface area contributed by atoms with Gasteiger partial charge in [-0.15, -0.1) is 0 Å². The number of halogens is 1. The number of nitrogens with one attached hydrogen (secondary N) is 1. The maximum absolute atomic E-state index is 3.73. The van der Waals surface area contributed by atoms with Gasteiger partial charge in [0, 0.05) is 23.6 Å². The Morgan fingerprint density at radius 3 is 2.65 bits per heavy atom. The van der Waals surface area contributed by atoms with E-state index in [0.29, 0.717) is 6.04 Å². The van der Waals surface area contributed by atoms with E-state index >= 15 is 0 Å². The van der Waals surface area contributed by atoms with Crippen LogP contribution >= 0.6 is 15.9 Å². The van der Waals surface area contributed by atoms with Crippen molar-refractivity contribution >= 4 is 21.6 Å². The number of hydrogen-bond acceptors (Lipinski definition) is 2. The summed E-state index contributed by atoms with van der Waals surface area (Å²) in [4.78, 5) is 2.48. The van der Waals surface area contributed by atoms with E-state index in [-0.39, 0.29) is 0 Å². The molecular weight excluding hydrogens is 276 g/mol. The molecule has 0 amide bonds. The molecule has 2 fully saturated rings. The first-order valence-electron chi connectivity index (χ1n) is 6.62. The van der Waals surface area contributed by atoms with E-state index in [1.165, 1.54) is 54.5 Å². The lowest BCUT2D eigenvalue weighted by atomic mass is 10.0. The molecule has 92 valence electrons. The molecule has 2 aliphatic rings. The van der Waals surface area contributed by atoms with Gasteiger partial charge >= 0.3 is 0 Å². The maximum atomic E-state index is 3.73. The molecule has 1 unspecified atom stereocenters. The van der Waals surface area contributed by atoms with Gasteiger partial charge in [0.25, 0.3) is 0 Å². The number of nitrogens with zero attached hydrogens (tertiary/aromatic N) is 1. The Labute approximate surface area is 112 Å². The molecular formula is C14H19BrN2. The van der Waals surface area contributed by atoms with E-state index < -0.39 is 0 Å². The third-order valence-electron chi connectivity index (χ3n) is 3.88. The zero-order valence-corrected chi connectivity index (χ0v) is 11.7. The van der Waals surface area contributed by atoms with E-state index in [0.717, 1.165) is 6.54 Å². The van der Waals surface area contributed by atoms with E-state index in [4.69, 9.17) is 0 Å². The summed E-state index contributed by atoms with van der Waals surface area (Å²) in [6, 6.07) is 7.45. The van der Waals surface area contributed by atoms with Crippen molar-refractivity contribution < 1.29 is 0 Å². The van der Waals surface area contributed by atoms with Gasteiger partial charge in [0.05, 0.1) is 5.69 Å². The van der Waals surface area contributed by atoms with Gasteiger partial charge in [0.2, 0.25) is 0 Å². The Morgan fingerprint density at radius 2 is 2.00 bits per heavy atom. The van der Waals surface area contributed by atoms with Gasteiger partial charge < -0.3 is 10.2 Å². The quantitative estimate of drug-likeness (QED) is 0.898. The second-order valence-corrected chi connectivity index (χ2v) is 5.91. The molecule has 3 heteroatoms. The van der Waals surface area contributed by atoms with Gasteiger partial charge in [-0.25, -0.2) is 0 Å². The smallest absolute Gasteiger partial charge is 0.0510 e. The van der Waals surface area contributed by atoms with Crippen LogP contribution in [-0.2, 0) is 0 Å². The van der Waals surface area contributed by atoms with Gasteiger partial charge in [0.1, 0.15) is 0 Å². The lowest BCUT2D eigenvalue weighted by Crippen LogP contribution is -2.18. The monoisotopic (exact) mass is 294 g/mol. The minimum Gasteiger partial charge on any atom is -0.371 e. The van der Waals surface area contributed by atoms with Crippen LogP contribution in [0.4, 0.5) is 5.69 Å². The Kier molecular flexibility index (Phi) is 3.39. The van der Waals surface area contributed by atoms with Crippen LogP contribution in [0.1, 0.15) is 37.3 Å². The van der Waals surface area contributed by atoms with Crippen molar-refractivity contribution in [2.45, 2.75) is 31.7 Å². The van der Waals surface area contributed by atoms with E-state index in [9.17, 15) is 0 Å². The van der Waals surface area contributed by atoms with E-state index in [2.05, 4.69) is 44.3 Å². The molecule has 2 heterocycles. The van der Waals surface area contributed by atoms with Crippen LogP contribution in [0, 0.1) is 0 Å². The minimum absolute atomic E-state index is 0.568. The highest BCUT2D eigenvalue weighted by molar-refractivity contribution is 9.10. The highest BCUT2D eigenvalue weighted by atomic mass is 79.9. The summed E-state index contributed by atoms with van der Waals surface area (Å²) in [6.45, 7) is 3.58. The Bertz CT molecular complexity index is 393. The normalized spacial score (nSPS) is 24.5. The summed E-state index contributed by atoms with van der Waals surface area (Å²) in [5.74, 6) is 0. The van der Waals surface area contributed by atoms with Crippen molar-refractivity contribution in [2.75, 3.05) is 24.5 Å². The SMILES string of the molecule is Brc1cc(C2CCCN2)ccc1N1CCCC1. The Hall–Kier alpha value is -0.540. The average molecular weight is 295 g/mol. The molecule has 0 bridgehead atoms. The van der Waals surface area contributed by atoms with Gasteiger partial charge in [0.15, 0.2) is 0 Å². The van der Waals surface area contributed by atoms with Crippen molar-refractivity contribution in [2.24, 2.45) is 0 Å². The van der Waals surface area contributed by atoms with Crippen molar-refractivity contribution in [3.63, 3.8) is 0 Å². The summed E-state index contributed by atoms with van der Waals surface area (Å²) in [5, 5.41) is 3.55. The largest absolute Gasteiger partial charge is 0.371 e. The first kappa shape index (κ1) is 11.5. The molecule has 1 aromatic rings. The van der Waals surface area contributed by atoms with Crippen LogP contribution in [0.15, 0.2) is 22.7 Å². The summed E-state index contributed by atoms with van der Waals surface area (Å²) < 4.78 is 1.26. The summed E-state index contributed by atoms with van der Waals surface area (Å²) >= 11 is 3.73.